The predicted octanol–water partition coefficient (Wildman–Crippen LogP) is 4.46. The Balaban J connectivity index is 1.67. The Bertz CT molecular complexity index is 1030. The molecule has 1 aliphatic rings. The molecule has 29 heavy (non-hydrogen) atoms. The van der Waals surface area contributed by atoms with Gasteiger partial charge in [-0.25, -0.2) is 13.5 Å². The van der Waals surface area contributed by atoms with Crippen molar-refractivity contribution in [2.75, 3.05) is 0 Å². The number of carbonyl (C=O) groups is 1. The van der Waals surface area contributed by atoms with Crippen LogP contribution in [0.2, 0.25) is 0 Å². The fourth-order valence-corrected chi connectivity index (χ4v) is 3.10. The quantitative estimate of drug-likeness (QED) is 0.640. The van der Waals surface area contributed by atoms with Gasteiger partial charge in [0.15, 0.2) is 11.6 Å². The molecule has 1 amide bonds. The van der Waals surface area contributed by atoms with Crippen LogP contribution in [0.3, 0.4) is 0 Å². The Kier molecular flexibility index (Phi) is 5.29. The van der Waals surface area contributed by atoms with Crippen LogP contribution in [0.5, 0.6) is 11.6 Å². The lowest BCUT2D eigenvalue weighted by Crippen LogP contribution is -2.25. The molecule has 1 heterocycles. The van der Waals surface area contributed by atoms with Gasteiger partial charge in [-0.15, -0.1) is 0 Å². The van der Waals surface area contributed by atoms with Crippen molar-refractivity contribution in [3.8, 4) is 17.3 Å². The molecule has 5 nitrogen and oxygen atoms in total. The molecule has 7 heteroatoms. The van der Waals surface area contributed by atoms with E-state index in [-0.39, 0.29) is 18.1 Å². The molecule has 0 spiro atoms. The largest absolute Gasteiger partial charge is 0.436 e. The number of nitrogens with zero attached hydrogens (tertiary/aromatic N) is 2. The van der Waals surface area contributed by atoms with Gasteiger partial charge in [0.1, 0.15) is 5.82 Å². The van der Waals surface area contributed by atoms with E-state index in [4.69, 9.17) is 4.74 Å². The summed E-state index contributed by atoms with van der Waals surface area (Å²) in [5.74, 6) is -1.30. The number of carbonyl (C=O) groups excluding carboxylic acids is 1. The Morgan fingerprint density at radius 1 is 1.21 bits per heavy atom. The average molecular weight is 397 g/mol. The first kappa shape index (κ1) is 19.1. The second kappa shape index (κ2) is 8.03. The van der Waals surface area contributed by atoms with E-state index in [1.54, 1.807) is 4.68 Å². The lowest BCUT2D eigenvalue weighted by molar-refractivity contribution is -0.121. The highest BCUT2D eigenvalue weighted by molar-refractivity contribution is 5.77. The Morgan fingerprint density at radius 2 is 1.97 bits per heavy atom. The second-order valence-corrected chi connectivity index (χ2v) is 7.14. The maximum Gasteiger partial charge on any atom is 0.226 e. The Labute approximate surface area is 167 Å². The van der Waals surface area contributed by atoms with Gasteiger partial charge in [-0.05, 0) is 50.5 Å². The maximum atomic E-state index is 14.2. The highest BCUT2D eigenvalue weighted by Gasteiger charge is 2.25. The summed E-state index contributed by atoms with van der Waals surface area (Å²) in [5.41, 5.74) is 2.14. The van der Waals surface area contributed by atoms with Crippen LogP contribution in [-0.4, -0.2) is 21.7 Å². The SMILES string of the molecule is Cc1nn(-c2ccccc2)c(Oc2ccc(F)cc2F)c1CCC(=O)NC1CC1. The Morgan fingerprint density at radius 3 is 2.66 bits per heavy atom. The number of amides is 1. The molecule has 1 N–H and O–H groups in total. The van der Waals surface area contributed by atoms with Crippen LogP contribution in [0.25, 0.3) is 5.69 Å². The zero-order valence-electron chi connectivity index (χ0n) is 16.0. The van der Waals surface area contributed by atoms with Gasteiger partial charge in [-0.1, -0.05) is 18.2 Å². The molecule has 1 saturated carbocycles. The minimum atomic E-state index is -0.805. The van der Waals surface area contributed by atoms with E-state index in [2.05, 4.69) is 10.4 Å². The summed E-state index contributed by atoms with van der Waals surface area (Å²) >= 11 is 0. The molecule has 1 fully saturated rings. The number of para-hydroxylation sites is 1. The van der Waals surface area contributed by atoms with E-state index < -0.39 is 11.6 Å². The van der Waals surface area contributed by atoms with Crippen LogP contribution < -0.4 is 10.1 Å². The summed E-state index contributed by atoms with van der Waals surface area (Å²) in [6, 6.07) is 12.7. The summed E-state index contributed by atoms with van der Waals surface area (Å²) in [4.78, 5) is 12.1. The van der Waals surface area contributed by atoms with Gasteiger partial charge in [-0.3, -0.25) is 4.79 Å². The van der Waals surface area contributed by atoms with E-state index in [0.717, 1.165) is 30.7 Å². The summed E-state index contributed by atoms with van der Waals surface area (Å²) < 4.78 is 34.9. The van der Waals surface area contributed by atoms with Crippen molar-refractivity contribution in [2.24, 2.45) is 0 Å². The van der Waals surface area contributed by atoms with E-state index in [1.165, 1.54) is 6.07 Å². The monoisotopic (exact) mass is 397 g/mol. The van der Waals surface area contributed by atoms with Crippen LogP contribution in [-0.2, 0) is 11.2 Å². The van der Waals surface area contributed by atoms with Crippen molar-refractivity contribution in [2.45, 2.75) is 38.6 Å². The van der Waals surface area contributed by atoms with Crippen LogP contribution >= 0.6 is 0 Å². The van der Waals surface area contributed by atoms with Gasteiger partial charge in [0.2, 0.25) is 11.8 Å². The number of ether oxygens (including phenoxy) is 1. The molecular formula is C22H21F2N3O2. The van der Waals surface area contributed by atoms with E-state index in [1.807, 2.05) is 37.3 Å². The third kappa shape index (κ3) is 4.45. The number of aryl methyl sites for hydroxylation is 1. The van der Waals surface area contributed by atoms with Crippen molar-refractivity contribution in [3.05, 3.63) is 71.4 Å². The second-order valence-electron chi connectivity index (χ2n) is 7.14. The molecule has 4 rings (SSSR count). The topological polar surface area (TPSA) is 56.2 Å². The van der Waals surface area contributed by atoms with Crippen molar-refractivity contribution < 1.29 is 18.3 Å². The molecule has 0 bridgehead atoms. The van der Waals surface area contributed by atoms with Gasteiger partial charge >= 0.3 is 0 Å². The lowest BCUT2D eigenvalue weighted by Gasteiger charge is -2.12. The minimum absolute atomic E-state index is 0.0294. The number of hydrogen-bond donors (Lipinski definition) is 1. The molecule has 1 aromatic heterocycles. The van der Waals surface area contributed by atoms with E-state index in [0.29, 0.717) is 29.6 Å². The highest BCUT2D eigenvalue weighted by atomic mass is 19.1. The first-order valence-corrected chi connectivity index (χ1v) is 9.57. The van der Waals surface area contributed by atoms with E-state index in [9.17, 15) is 13.6 Å². The highest BCUT2D eigenvalue weighted by Crippen LogP contribution is 2.33. The molecule has 0 aliphatic heterocycles. The summed E-state index contributed by atoms with van der Waals surface area (Å²) in [5, 5.41) is 7.50. The summed E-state index contributed by atoms with van der Waals surface area (Å²) in [7, 11) is 0. The summed E-state index contributed by atoms with van der Waals surface area (Å²) in [6.07, 6.45) is 2.72. The first-order chi connectivity index (χ1) is 14.0. The van der Waals surface area contributed by atoms with Gasteiger partial charge in [0.25, 0.3) is 0 Å². The predicted molar refractivity (Wildman–Crippen MR) is 104 cm³/mol. The van der Waals surface area contributed by atoms with Gasteiger partial charge in [-0.2, -0.15) is 5.10 Å². The van der Waals surface area contributed by atoms with Crippen LogP contribution in [0, 0.1) is 18.6 Å². The molecule has 0 unspecified atom stereocenters. The van der Waals surface area contributed by atoms with Gasteiger partial charge < -0.3 is 10.1 Å². The van der Waals surface area contributed by atoms with Crippen molar-refractivity contribution >= 4 is 5.91 Å². The summed E-state index contributed by atoms with van der Waals surface area (Å²) in [6.45, 7) is 1.82. The van der Waals surface area contributed by atoms with Crippen LogP contribution in [0.1, 0.15) is 30.5 Å². The molecule has 3 aromatic rings. The van der Waals surface area contributed by atoms with Crippen LogP contribution in [0.15, 0.2) is 48.5 Å². The maximum absolute atomic E-state index is 14.2. The molecule has 150 valence electrons. The smallest absolute Gasteiger partial charge is 0.226 e. The molecule has 2 aromatic carbocycles. The number of hydrogen-bond acceptors (Lipinski definition) is 3. The van der Waals surface area contributed by atoms with Crippen molar-refractivity contribution in [3.63, 3.8) is 0 Å². The Hall–Kier alpha value is -3.22. The molecule has 1 aliphatic carbocycles. The van der Waals surface area contributed by atoms with E-state index >= 15 is 0 Å². The zero-order valence-corrected chi connectivity index (χ0v) is 16.0. The standard InChI is InChI=1S/C22H21F2N3O2/c1-14-18(10-12-21(28)25-16-8-9-16)22(27(26-14)17-5-3-2-4-6-17)29-20-11-7-15(23)13-19(20)24/h2-7,11,13,16H,8-10,12H2,1H3,(H,25,28). The normalized spacial score (nSPS) is 13.3. The van der Waals surface area contributed by atoms with Gasteiger partial charge in [0, 0.05) is 24.1 Å². The molecule has 0 radical (unpaired) electrons. The molecular weight excluding hydrogens is 376 g/mol. The third-order valence-corrected chi connectivity index (χ3v) is 4.78. The van der Waals surface area contributed by atoms with Gasteiger partial charge in [0.05, 0.1) is 11.4 Å². The number of nitrogens with one attached hydrogen (secondary N) is 1. The number of benzene rings is 2. The average Bonchev–Trinajstić information content (AvgIpc) is 3.46. The number of halogens is 2. The fraction of sp³-hybridized carbons (Fsp3) is 0.273. The number of aromatic nitrogens is 2. The number of rotatable bonds is 7. The van der Waals surface area contributed by atoms with Crippen LogP contribution in [0.4, 0.5) is 8.78 Å². The lowest BCUT2D eigenvalue weighted by atomic mass is 10.1. The van der Waals surface area contributed by atoms with Crippen molar-refractivity contribution in [1.29, 1.82) is 0 Å². The fourth-order valence-electron chi connectivity index (χ4n) is 3.10. The van der Waals surface area contributed by atoms with Crippen molar-refractivity contribution in [1.82, 2.24) is 15.1 Å². The zero-order chi connectivity index (χ0) is 20.4. The first-order valence-electron chi connectivity index (χ1n) is 9.57. The third-order valence-electron chi connectivity index (χ3n) is 4.78. The minimum Gasteiger partial charge on any atom is -0.436 e. The molecule has 0 saturated heterocycles. The molecule has 0 atom stereocenters.